The normalized spacial score (nSPS) is 12.7. The van der Waals surface area contributed by atoms with Gasteiger partial charge in [-0.2, -0.15) is 13.2 Å². The minimum Gasteiger partial charge on any atom is -0.324 e. The molecule has 0 saturated heterocycles. The van der Waals surface area contributed by atoms with Gasteiger partial charge >= 0.3 is 6.18 Å². The van der Waals surface area contributed by atoms with E-state index in [0.717, 1.165) is 47.9 Å². The van der Waals surface area contributed by atoms with Crippen LogP contribution in [0, 0.1) is 0 Å². The summed E-state index contributed by atoms with van der Waals surface area (Å²) in [7, 11) is 3.91. The van der Waals surface area contributed by atoms with E-state index in [-0.39, 0.29) is 22.5 Å². The van der Waals surface area contributed by atoms with Crippen molar-refractivity contribution in [1.29, 1.82) is 0 Å². The minimum absolute atomic E-state index is 0.00444. The maximum Gasteiger partial charge on any atom is 0.416 e. The van der Waals surface area contributed by atoms with Crippen LogP contribution in [0.2, 0.25) is 5.02 Å². The number of nitrogens with zero attached hydrogens (tertiary/aromatic N) is 4. The van der Waals surface area contributed by atoms with Crippen LogP contribution in [0.25, 0.3) is 5.69 Å². The molecule has 2 aromatic carbocycles. The first-order valence-corrected chi connectivity index (χ1v) is 11.4. The highest BCUT2D eigenvalue weighted by Crippen LogP contribution is 2.34. The standard InChI is InChI=1S/C22H23ClF3N5OS/c1-4-18(30(2)3)20-28-29-21(31(20)15-8-6-5-7-9-15)33-13-19(32)27-17-12-14(22(24,25)26)10-11-16(17)23/h5-12,18H,4,13H2,1-3H3,(H,27,32)/t18-/m1/s1. The zero-order chi connectivity index (χ0) is 24.2. The molecule has 3 rings (SSSR count). The van der Waals surface area contributed by atoms with Crippen molar-refractivity contribution in [3.8, 4) is 5.69 Å². The number of benzene rings is 2. The van der Waals surface area contributed by atoms with Gasteiger partial charge < -0.3 is 5.32 Å². The number of halogens is 4. The van der Waals surface area contributed by atoms with Crippen LogP contribution >= 0.6 is 23.4 Å². The molecule has 0 spiro atoms. The Hall–Kier alpha value is -2.56. The fourth-order valence-electron chi connectivity index (χ4n) is 3.30. The van der Waals surface area contributed by atoms with Gasteiger partial charge in [-0.3, -0.25) is 14.3 Å². The quantitative estimate of drug-likeness (QED) is 0.405. The summed E-state index contributed by atoms with van der Waals surface area (Å²) in [5.74, 6) is 0.138. The second-order valence-corrected chi connectivity index (χ2v) is 8.78. The van der Waals surface area contributed by atoms with Crippen molar-refractivity contribution in [1.82, 2.24) is 19.7 Å². The third-order valence-electron chi connectivity index (χ3n) is 4.88. The van der Waals surface area contributed by atoms with E-state index in [1.807, 2.05) is 60.8 Å². The maximum atomic E-state index is 13.0. The summed E-state index contributed by atoms with van der Waals surface area (Å²) < 4.78 is 40.8. The van der Waals surface area contributed by atoms with Crippen LogP contribution in [0.3, 0.4) is 0 Å². The Morgan fingerprint density at radius 3 is 2.48 bits per heavy atom. The summed E-state index contributed by atoms with van der Waals surface area (Å²) >= 11 is 7.12. The average molecular weight is 498 g/mol. The summed E-state index contributed by atoms with van der Waals surface area (Å²) in [5.41, 5.74) is -0.139. The maximum absolute atomic E-state index is 13.0. The van der Waals surface area contributed by atoms with Gasteiger partial charge in [0.15, 0.2) is 11.0 Å². The number of anilines is 1. The Morgan fingerprint density at radius 1 is 1.18 bits per heavy atom. The summed E-state index contributed by atoms with van der Waals surface area (Å²) in [6.07, 6.45) is -3.74. The van der Waals surface area contributed by atoms with Gasteiger partial charge in [0.1, 0.15) is 0 Å². The van der Waals surface area contributed by atoms with E-state index >= 15 is 0 Å². The van der Waals surface area contributed by atoms with Gasteiger partial charge in [-0.15, -0.1) is 10.2 Å². The summed E-state index contributed by atoms with van der Waals surface area (Å²) in [4.78, 5) is 14.6. The average Bonchev–Trinajstić information content (AvgIpc) is 3.17. The van der Waals surface area contributed by atoms with Crippen LogP contribution in [0.15, 0.2) is 53.7 Å². The summed E-state index contributed by atoms with van der Waals surface area (Å²) in [6.45, 7) is 2.05. The zero-order valence-electron chi connectivity index (χ0n) is 18.2. The van der Waals surface area contributed by atoms with Gasteiger partial charge in [0.05, 0.1) is 28.1 Å². The van der Waals surface area contributed by atoms with Crippen molar-refractivity contribution in [2.24, 2.45) is 0 Å². The van der Waals surface area contributed by atoms with Crippen molar-refractivity contribution in [3.63, 3.8) is 0 Å². The number of hydrogen-bond donors (Lipinski definition) is 1. The third kappa shape index (κ3) is 6.07. The molecule has 0 aliphatic heterocycles. The lowest BCUT2D eigenvalue weighted by Crippen LogP contribution is -2.23. The van der Waals surface area contributed by atoms with Crippen LogP contribution in [-0.2, 0) is 11.0 Å². The number of para-hydroxylation sites is 1. The number of amides is 1. The Bertz CT molecular complexity index is 1110. The molecule has 1 atom stereocenters. The molecule has 0 bridgehead atoms. The fourth-order valence-corrected chi connectivity index (χ4v) is 4.23. The molecule has 1 N–H and O–H groups in total. The van der Waals surface area contributed by atoms with E-state index < -0.39 is 17.6 Å². The number of rotatable bonds is 8. The molecule has 6 nitrogen and oxygen atoms in total. The van der Waals surface area contributed by atoms with Crippen molar-refractivity contribution >= 4 is 35.0 Å². The van der Waals surface area contributed by atoms with Crippen LogP contribution in [0.5, 0.6) is 0 Å². The van der Waals surface area contributed by atoms with E-state index in [0.29, 0.717) is 5.16 Å². The zero-order valence-corrected chi connectivity index (χ0v) is 19.8. The Balaban J connectivity index is 1.82. The van der Waals surface area contributed by atoms with Gasteiger partial charge in [-0.25, -0.2) is 0 Å². The molecule has 176 valence electrons. The van der Waals surface area contributed by atoms with Crippen LogP contribution in [-0.4, -0.2) is 45.4 Å². The molecule has 0 fully saturated rings. The van der Waals surface area contributed by atoms with Crippen LogP contribution in [0.4, 0.5) is 18.9 Å². The molecule has 0 unspecified atom stereocenters. The first-order chi connectivity index (χ1) is 15.6. The molecule has 0 saturated carbocycles. The molecule has 1 aromatic heterocycles. The first-order valence-electron chi connectivity index (χ1n) is 10.1. The monoisotopic (exact) mass is 497 g/mol. The van der Waals surface area contributed by atoms with Crippen molar-refractivity contribution < 1.29 is 18.0 Å². The predicted octanol–water partition coefficient (Wildman–Crippen LogP) is 5.68. The van der Waals surface area contributed by atoms with Gasteiger partial charge in [0.2, 0.25) is 5.91 Å². The predicted molar refractivity (Wildman–Crippen MR) is 124 cm³/mol. The second-order valence-electron chi connectivity index (χ2n) is 7.43. The first kappa shape index (κ1) is 25.1. The van der Waals surface area contributed by atoms with Gasteiger partial charge in [-0.05, 0) is 50.8 Å². The number of nitrogens with one attached hydrogen (secondary N) is 1. The molecule has 0 radical (unpaired) electrons. The Morgan fingerprint density at radius 2 is 1.88 bits per heavy atom. The smallest absolute Gasteiger partial charge is 0.324 e. The van der Waals surface area contributed by atoms with Crippen LogP contribution < -0.4 is 5.32 Å². The molecule has 0 aliphatic rings. The van der Waals surface area contributed by atoms with Crippen molar-refractivity contribution in [2.75, 3.05) is 25.2 Å². The van der Waals surface area contributed by atoms with Gasteiger partial charge in [0.25, 0.3) is 0 Å². The molecule has 1 heterocycles. The highest BCUT2D eigenvalue weighted by atomic mass is 35.5. The molecular formula is C22H23ClF3N5OS. The summed E-state index contributed by atoms with van der Waals surface area (Å²) in [5, 5.41) is 11.6. The highest BCUT2D eigenvalue weighted by molar-refractivity contribution is 7.99. The highest BCUT2D eigenvalue weighted by Gasteiger charge is 2.31. The molecular weight excluding hydrogens is 475 g/mol. The third-order valence-corrected chi connectivity index (χ3v) is 6.14. The van der Waals surface area contributed by atoms with E-state index in [4.69, 9.17) is 11.6 Å². The second kappa shape index (κ2) is 10.6. The molecule has 33 heavy (non-hydrogen) atoms. The van der Waals surface area contributed by atoms with E-state index in [9.17, 15) is 18.0 Å². The molecule has 1 amide bonds. The van der Waals surface area contributed by atoms with Gasteiger partial charge in [0, 0.05) is 5.69 Å². The lowest BCUT2D eigenvalue weighted by Gasteiger charge is -2.23. The topological polar surface area (TPSA) is 63.1 Å². The van der Waals surface area contributed by atoms with E-state index in [1.165, 1.54) is 0 Å². The van der Waals surface area contributed by atoms with E-state index in [1.54, 1.807) is 0 Å². The number of carbonyl (C=O) groups is 1. The van der Waals surface area contributed by atoms with Crippen LogP contribution in [0.1, 0.15) is 30.8 Å². The molecule has 0 aliphatic carbocycles. The number of carbonyl (C=O) groups excluding carboxylic acids is 1. The molecule has 11 heteroatoms. The number of aromatic nitrogens is 3. The Kier molecular flexibility index (Phi) is 8.04. The fraction of sp³-hybridized carbons (Fsp3) is 0.318. The number of alkyl halides is 3. The lowest BCUT2D eigenvalue weighted by atomic mass is 10.2. The van der Waals surface area contributed by atoms with E-state index in [2.05, 4.69) is 15.5 Å². The lowest BCUT2D eigenvalue weighted by molar-refractivity contribution is -0.137. The number of thioether (sulfide) groups is 1. The SMILES string of the molecule is CC[C@H](c1nnc(SCC(=O)Nc2cc(C(F)(F)F)ccc2Cl)n1-c1ccccc1)N(C)C. The van der Waals surface area contributed by atoms with Gasteiger partial charge in [-0.1, -0.05) is 48.5 Å². The largest absolute Gasteiger partial charge is 0.416 e. The summed E-state index contributed by atoms with van der Waals surface area (Å²) in [6, 6.07) is 12.3. The number of hydrogen-bond acceptors (Lipinski definition) is 5. The minimum atomic E-state index is -4.54. The van der Waals surface area contributed by atoms with Crippen molar-refractivity contribution in [2.45, 2.75) is 30.7 Å². The Labute approximate surface area is 199 Å². The molecule has 3 aromatic rings. The van der Waals surface area contributed by atoms with Crippen molar-refractivity contribution in [3.05, 3.63) is 64.9 Å².